The lowest BCUT2D eigenvalue weighted by Crippen LogP contribution is -2.23. The van der Waals surface area contributed by atoms with Gasteiger partial charge in [0.1, 0.15) is 0 Å². The lowest BCUT2D eigenvalue weighted by molar-refractivity contribution is -0.138. The first-order valence-corrected chi connectivity index (χ1v) is 7.39. The number of tetrazole rings is 1. The van der Waals surface area contributed by atoms with Gasteiger partial charge in [-0.1, -0.05) is 27.7 Å². The van der Waals surface area contributed by atoms with Crippen LogP contribution in [0.4, 0.5) is 0 Å². The summed E-state index contributed by atoms with van der Waals surface area (Å²) in [5.41, 5.74) is 0.00203. The second kappa shape index (κ2) is 8.07. The van der Waals surface area contributed by atoms with E-state index in [-0.39, 0.29) is 17.9 Å². The summed E-state index contributed by atoms with van der Waals surface area (Å²) in [6, 6.07) is -0.237. The van der Waals surface area contributed by atoms with E-state index in [1.165, 1.54) is 0 Å². The Labute approximate surface area is 125 Å². The van der Waals surface area contributed by atoms with Crippen molar-refractivity contribution in [2.24, 2.45) is 5.41 Å². The number of rotatable bonds is 9. The summed E-state index contributed by atoms with van der Waals surface area (Å²) < 4.78 is 7.10. The average molecular weight is 298 g/mol. The minimum atomic E-state index is -0.840. The maximum absolute atomic E-state index is 11.1. The molecular weight excluding hydrogens is 272 g/mol. The van der Waals surface area contributed by atoms with Crippen molar-refractivity contribution >= 4 is 5.97 Å². The SMILES string of the molecule is CCCOCCc1nnnn1C(CC(=O)O)CC(C)(C)C. The molecular formula is C14H26N4O3. The van der Waals surface area contributed by atoms with Gasteiger partial charge >= 0.3 is 5.97 Å². The highest BCUT2D eigenvalue weighted by molar-refractivity contribution is 5.67. The number of hydrogen-bond acceptors (Lipinski definition) is 5. The molecule has 1 rings (SSSR count). The Bertz CT molecular complexity index is 440. The van der Waals surface area contributed by atoms with Crippen LogP contribution in [0.5, 0.6) is 0 Å². The Kier molecular flexibility index (Phi) is 6.74. The zero-order valence-corrected chi connectivity index (χ0v) is 13.4. The zero-order chi connectivity index (χ0) is 15.9. The standard InChI is InChI=1S/C14H26N4O3/c1-5-7-21-8-6-12-15-16-17-18(12)11(9-13(19)20)10-14(2,3)4/h11H,5-10H2,1-4H3,(H,19,20). The molecule has 7 heteroatoms. The molecule has 0 amide bonds. The van der Waals surface area contributed by atoms with Crippen molar-refractivity contribution in [1.29, 1.82) is 0 Å². The molecule has 0 radical (unpaired) electrons. The molecule has 0 saturated heterocycles. The van der Waals surface area contributed by atoms with Gasteiger partial charge in [0.2, 0.25) is 0 Å². The molecule has 1 heterocycles. The third-order valence-corrected chi connectivity index (χ3v) is 2.98. The van der Waals surface area contributed by atoms with E-state index in [1.54, 1.807) is 4.68 Å². The number of ether oxygens (including phenoxy) is 1. The summed E-state index contributed by atoms with van der Waals surface area (Å²) in [7, 11) is 0. The van der Waals surface area contributed by atoms with Gasteiger partial charge in [-0.05, 0) is 28.7 Å². The number of hydrogen-bond donors (Lipinski definition) is 1. The zero-order valence-electron chi connectivity index (χ0n) is 13.4. The Hall–Kier alpha value is -1.50. The van der Waals surface area contributed by atoms with E-state index >= 15 is 0 Å². The van der Waals surface area contributed by atoms with Gasteiger partial charge in [0.25, 0.3) is 0 Å². The maximum atomic E-state index is 11.1. The summed E-state index contributed by atoms with van der Waals surface area (Å²) in [5.74, 6) is -0.158. The van der Waals surface area contributed by atoms with Crippen LogP contribution < -0.4 is 0 Å². The Morgan fingerprint density at radius 1 is 1.38 bits per heavy atom. The van der Waals surface area contributed by atoms with Gasteiger partial charge in [-0.3, -0.25) is 4.79 Å². The molecule has 0 saturated carbocycles. The third-order valence-electron chi connectivity index (χ3n) is 2.98. The molecule has 0 aliphatic carbocycles. The Morgan fingerprint density at radius 2 is 2.10 bits per heavy atom. The normalized spacial score (nSPS) is 13.3. The van der Waals surface area contributed by atoms with Gasteiger partial charge in [-0.15, -0.1) is 5.10 Å². The third kappa shape index (κ3) is 6.66. The van der Waals surface area contributed by atoms with Crippen LogP contribution in [0.3, 0.4) is 0 Å². The van der Waals surface area contributed by atoms with Crippen LogP contribution >= 0.6 is 0 Å². The van der Waals surface area contributed by atoms with E-state index in [0.29, 0.717) is 31.9 Å². The van der Waals surface area contributed by atoms with Crippen molar-refractivity contribution in [2.45, 2.75) is 59.4 Å². The topological polar surface area (TPSA) is 90.1 Å². The Morgan fingerprint density at radius 3 is 2.67 bits per heavy atom. The number of aromatic nitrogens is 4. The predicted molar refractivity (Wildman–Crippen MR) is 78.0 cm³/mol. The smallest absolute Gasteiger partial charge is 0.305 e. The number of carbonyl (C=O) groups is 1. The number of aliphatic carboxylic acids is 1. The predicted octanol–water partition coefficient (Wildman–Crippen LogP) is 2.09. The molecule has 0 fully saturated rings. The molecule has 1 atom stereocenters. The van der Waals surface area contributed by atoms with Gasteiger partial charge in [-0.2, -0.15) is 0 Å². The monoisotopic (exact) mass is 298 g/mol. The van der Waals surface area contributed by atoms with Crippen molar-refractivity contribution < 1.29 is 14.6 Å². The number of carboxylic acid groups (broad SMARTS) is 1. The van der Waals surface area contributed by atoms with Crippen molar-refractivity contribution in [1.82, 2.24) is 20.2 Å². The molecule has 0 spiro atoms. The molecule has 0 aliphatic rings. The van der Waals surface area contributed by atoms with Crippen molar-refractivity contribution in [2.75, 3.05) is 13.2 Å². The van der Waals surface area contributed by atoms with Gasteiger partial charge in [0, 0.05) is 13.0 Å². The molecule has 0 bridgehead atoms. The summed E-state index contributed by atoms with van der Waals surface area (Å²) in [5, 5.41) is 20.8. The molecule has 0 aromatic carbocycles. The van der Waals surface area contributed by atoms with Crippen molar-refractivity contribution in [3.63, 3.8) is 0 Å². The molecule has 1 N–H and O–H groups in total. The summed E-state index contributed by atoms with van der Waals surface area (Å²) in [4.78, 5) is 11.1. The van der Waals surface area contributed by atoms with Crippen LogP contribution in [0.2, 0.25) is 0 Å². The van der Waals surface area contributed by atoms with Crippen molar-refractivity contribution in [3.8, 4) is 0 Å². The van der Waals surface area contributed by atoms with E-state index in [0.717, 1.165) is 6.42 Å². The molecule has 1 unspecified atom stereocenters. The van der Waals surface area contributed by atoms with E-state index in [2.05, 4.69) is 43.2 Å². The first kappa shape index (κ1) is 17.6. The summed E-state index contributed by atoms with van der Waals surface area (Å²) in [6.45, 7) is 9.55. The fourth-order valence-electron chi connectivity index (χ4n) is 2.22. The fraction of sp³-hybridized carbons (Fsp3) is 0.857. The van der Waals surface area contributed by atoms with Crippen LogP contribution in [-0.4, -0.2) is 44.5 Å². The first-order valence-electron chi connectivity index (χ1n) is 7.39. The maximum Gasteiger partial charge on any atom is 0.305 e. The fourth-order valence-corrected chi connectivity index (χ4v) is 2.22. The number of nitrogens with zero attached hydrogens (tertiary/aromatic N) is 4. The van der Waals surface area contributed by atoms with E-state index in [9.17, 15) is 4.79 Å². The quantitative estimate of drug-likeness (QED) is 0.702. The van der Waals surface area contributed by atoms with Crippen LogP contribution in [0.15, 0.2) is 0 Å². The summed E-state index contributed by atoms with van der Waals surface area (Å²) in [6.07, 6.45) is 2.28. The highest BCUT2D eigenvalue weighted by Crippen LogP contribution is 2.29. The number of carboxylic acids is 1. The average Bonchev–Trinajstić information content (AvgIpc) is 2.80. The molecule has 0 aliphatic heterocycles. The van der Waals surface area contributed by atoms with Gasteiger partial charge in [-0.25, -0.2) is 4.68 Å². The lowest BCUT2D eigenvalue weighted by atomic mass is 9.87. The molecule has 1 aromatic heterocycles. The van der Waals surface area contributed by atoms with Crippen LogP contribution in [0, 0.1) is 5.41 Å². The summed E-state index contributed by atoms with van der Waals surface area (Å²) >= 11 is 0. The highest BCUT2D eigenvalue weighted by atomic mass is 16.5. The molecule has 7 nitrogen and oxygen atoms in total. The van der Waals surface area contributed by atoms with Crippen LogP contribution in [0.25, 0.3) is 0 Å². The van der Waals surface area contributed by atoms with Gasteiger partial charge < -0.3 is 9.84 Å². The van der Waals surface area contributed by atoms with E-state index < -0.39 is 5.97 Å². The molecule has 21 heavy (non-hydrogen) atoms. The Balaban J connectivity index is 2.77. The van der Waals surface area contributed by atoms with Crippen LogP contribution in [-0.2, 0) is 16.0 Å². The van der Waals surface area contributed by atoms with Crippen molar-refractivity contribution in [3.05, 3.63) is 5.82 Å². The second-order valence-corrected chi connectivity index (χ2v) is 6.42. The second-order valence-electron chi connectivity index (χ2n) is 6.42. The first-order chi connectivity index (χ1) is 9.83. The van der Waals surface area contributed by atoms with Gasteiger partial charge in [0.15, 0.2) is 5.82 Å². The van der Waals surface area contributed by atoms with E-state index in [4.69, 9.17) is 9.84 Å². The van der Waals surface area contributed by atoms with Gasteiger partial charge in [0.05, 0.1) is 19.1 Å². The molecule has 120 valence electrons. The highest BCUT2D eigenvalue weighted by Gasteiger charge is 2.25. The van der Waals surface area contributed by atoms with Crippen LogP contribution in [0.1, 0.15) is 58.8 Å². The largest absolute Gasteiger partial charge is 0.481 e. The minimum absolute atomic E-state index is 0.00203. The molecule has 1 aromatic rings. The van der Waals surface area contributed by atoms with E-state index in [1.807, 2.05) is 0 Å². The lowest BCUT2D eigenvalue weighted by Gasteiger charge is -2.25. The minimum Gasteiger partial charge on any atom is -0.481 e.